The number of rotatable bonds is 3. The molecule has 0 spiro atoms. The van der Waals surface area contributed by atoms with E-state index in [2.05, 4.69) is 0 Å². The van der Waals surface area contributed by atoms with E-state index in [9.17, 15) is 4.79 Å². The van der Waals surface area contributed by atoms with Crippen LogP contribution < -0.4 is 5.73 Å². The van der Waals surface area contributed by atoms with E-state index in [4.69, 9.17) is 10.8 Å². The maximum absolute atomic E-state index is 10.4. The Morgan fingerprint density at radius 3 is 2.29 bits per heavy atom. The first-order valence-corrected chi connectivity index (χ1v) is 3.72. The summed E-state index contributed by atoms with van der Waals surface area (Å²) in [6, 6.07) is 8.54. The minimum absolute atomic E-state index is 0. The Morgan fingerprint density at radius 2 is 1.86 bits per heavy atom. The molecule has 1 rings (SSSR count). The molecule has 0 aliphatic heterocycles. The summed E-state index contributed by atoms with van der Waals surface area (Å²) in [6.07, 6.45) is 0.385. The van der Waals surface area contributed by atoms with E-state index in [1.54, 1.807) is 0 Å². The fraction of sp³-hybridized carbons (Fsp3) is 0.222. The van der Waals surface area contributed by atoms with Crippen molar-refractivity contribution in [2.24, 2.45) is 5.73 Å². The Morgan fingerprint density at radius 1 is 1.36 bits per heavy atom. The van der Waals surface area contributed by atoms with Crippen LogP contribution in [-0.2, 0) is 11.2 Å². The molecule has 0 saturated carbocycles. The number of nitrogens with two attached hydrogens (primary N) is 1. The fourth-order valence-electron chi connectivity index (χ4n) is 0.955. The zero-order valence-corrected chi connectivity index (χ0v) is 7.10. The van der Waals surface area contributed by atoms with E-state index in [-0.39, 0.29) is 35.0 Å². The molecule has 0 aromatic heterocycles. The number of hydrogen-bond acceptors (Lipinski definition) is 2. The number of carboxylic acids is 1. The van der Waals surface area contributed by atoms with Gasteiger partial charge in [0, 0.05) is 0 Å². The van der Waals surface area contributed by atoms with Crippen LogP contribution in [0.15, 0.2) is 30.3 Å². The van der Waals surface area contributed by atoms with Crippen molar-refractivity contribution in [1.29, 1.82) is 0 Å². The summed E-state index contributed by atoms with van der Waals surface area (Å²) < 4.78 is 0. The molecule has 0 bridgehead atoms. The van der Waals surface area contributed by atoms with Crippen molar-refractivity contribution < 1.29 is 15.4 Å². The molecule has 0 aliphatic carbocycles. The molecule has 0 unspecified atom stereocenters. The van der Waals surface area contributed by atoms with E-state index >= 15 is 0 Å². The summed E-state index contributed by atoms with van der Waals surface area (Å²) >= 11 is 0. The first-order valence-electron chi connectivity index (χ1n) is 3.72. The van der Waals surface area contributed by atoms with E-state index < -0.39 is 12.0 Å². The van der Waals surface area contributed by atoms with Gasteiger partial charge in [-0.25, -0.2) is 0 Å². The molecule has 1 atom stereocenters. The normalized spacial score (nSPS) is 10.6. The third-order valence-corrected chi connectivity index (χ3v) is 1.62. The molecule has 5 N–H and O–H groups in total. The molecule has 0 fully saturated rings. The third-order valence-electron chi connectivity index (χ3n) is 1.62. The average Bonchev–Trinajstić information content (AvgIpc) is 2.06. The van der Waals surface area contributed by atoms with Gasteiger partial charge in [-0.2, -0.15) is 0 Å². The van der Waals surface area contributed by atoms with Crippen molar-refractivity contribution in [1.82, 2.24) is 0 Å². The number of carbonyl (C=O) groups is 1. The molecule has 0 saturated heterocycles. The zero-order valence-electron chi connectivity index (χ0n) is 7.10. The number of aliphatic carboxylic acids is 1. The van der Waals surface area contributed by atoms with Gasteiger partial charge in [-0.1, -0.05) is 30.3 Å². The van der Waals surface area contributed by atoms with Crippen LogP contribution in [0.25, 0.3) is 0 Å². The molecule has 1 aromatic carbocycles. The van der Waals surface area contributed by atoms with E-state index in [0.29, 0.717) is 6.42 Å². The van der Waals surface area contributed by atoms with Crippen LogP contribution in [0.5, 0.6) is 0 Å². The zero-order chi connectivity index (χ0) is 8.97. The predicted molar refractivity (Wildman–Crippen MR) is 56.5 cm³/mol. The van der Waals surface area contributed by atoms with Gasteiger partial charge in [-0.15, -0.1) is 0 Å². The van der Waals surface area contributed by atoms with Gasteiger partial charge in [0.25, 0.3) is 0 Å². The van der Waals surface area contributed by atoms with Crippen molar-refractivity contribution in [2.45, 2.75) is 12.5 Å². The summed E-state index contributed by atoms with van der Waals surface area (Å²) in [5.74, 6) is -0.959. The third kappa shape index (κ3) is 5.36. The van der Waals surface area contributed by atoms with Crippen LogP contribution in [0, 0.1) is 0 Å². The molecule has 0 amide bonds. The monoisotopic (exact) mass is 207 g/mol. The van der Waals surface area contributed by atoms with Crippen molar-refractivity contribution >= 4 is 35.5 Å². The molecule has 74 valence electrons. The Labute approximate surface area is 105 Å². The molecule has 14 heavy (non-hydrogen) atoms. The second-order valence-electron chi connectivity index (χ2n) is 2.63. The topological polar surface area (TPSA) is 94.8 Å². The Bertz CT molecular complexity index is 266. The molecule has 1 aromatic rings. The summed E-state index contributed by atoms with van der Waals surface area (Å²) in [4.78, 5) is 10.4. The van der Waals surface area contributed by atoms with Gasteiger partial charge in [-0.3, -0.25) is 4.79 Å². The van der Waals surface area contributed by atoms with Crippen molar-refractivity contribution in [2.75, 3.05) is 0 Å². The van der Waals surface area contributed by atoms with Crippen molar-refractivity contribution in [3.8, 4) is 0 Å². The van der Waals surface area contributed by atoms with Crippen molar-refractivity contribution in [3.63, 3.8) is 0 Å². The molecule has 0 aliphatic rings. The summed E-state index contributed by atoms with van der Waals surface area (Å²) in [5.41, 5.74) is 6.30. The fourth-order valence-corrected chi connectivity index (χ4v) is 0.955. The molecule has 0 heterocycles. The van der Waals surface area contributed by atoms with Gasteiger partial charge in [0.15, 0.2) is 0 Å². The first-order chi connectivity index (χ1) is 5.70. The molecule has 5 heteroatoms. The predicted octanol–water partition coefficient (Wildman–Crippen LogP) is -0.832. The summed E-state index contributed by atoms with van der Waals surface area (Å²) in [5, 5.41) is 8.52. The van der Waals surface area contributed by atoms with E-state index in [0.717, 1.165) is 5.56 Å². The van der Waals surface area contributed by atoms with Gasteiger partial charge < -0.3 is 16.3 Å². The second kappa shape index (κ2) is 7.96. The molecule has 4 nitrogen and oxygen atoms in total. The first kappa shape index (κ1) is 16.1. The van der Waals surface area contributed by atoms with Gasteiger partial charge in [-0.05, 0) is 12.0 Å². The van der Waals surface area contributed by atoms with E-state index in [1.165, 1.54) is 0 Å². The molecular formula is C9H14NNaO3. The molecular weight excluding hydrogens is 193 g/mol. The van der Waals surface area contributed by atoms with Gasteiger partial charge in [0.2, 0.25) is 0 Å². The van der Waals surface area contributed by atoms with Crippen LogP contribution in [0.3, 0.4) is 0 Å². The van der Waals surface area contributed by atoms with Crippen LogP contribution in [-0.4, -0.2) is 52.2 Å². The van der Waals surface area contributed by atoms with Crippen LogP contribution in [0.4, 0.5) is 0 Å². The number of hydrogen-bond donors (Lipinski definition) is 2. The standard InChI is InChI=1S/C9H11NO2.Na.H2O.H/c10-8(9(11)12)6-7-4-2-1-3-5-7;;;/h1-5,8H,6,10H2,(H,11,12);;1H2;/t8-;;;/m0.../s1. The van der Waals surface area contributed by atoms with Crippen LogP contribution in [0.1, 0.15) is 5.56 Å². The van der Waals surface area contributed by atoms with Gasteiger partial charge in [0.05, 0.1) is 0 Å². The quantitative estimate of drug-likeness (QED) is 0.633. The number of carboxylic acid groups (broad SMARTS) is 1. The van der Waals surface area contributed by atoms with Gasteiger partial charge in [0.1, 0.15) is 6.04 Å². The van der Waals surface area contributed by atoms with Gasteiger partial charge >= 0.3 is 35.5 Å². The second-order valence-corrected chi connectivity index (χ2v) is 2.63. The Balaban J connectivity index is 0. The number of benzene rings is 1. The van der Waals surface area contributed by atoms with Crippen LogP contribution in [0.2, 0.25) is 0 Å². The SMILES string of the molecule is N[C@@H](Cc1ccccc1)C(=O)O.O.[NaH]. The van der Waals surface area contributed by atoms with Crippen molar-refractivity contribution in [3.05, 3.63) is 35.9 Å². The van der Waals surface area contributed by atoms with Crippen LogP contribution >= 0.6 is 0 Å². The summed E-state index contributed by atoms with van der Waals surface area (Å²) in [6.45, 7) is 0. The Hall–Kier alpha value is -0.390. The average molecular weight is 207 g/mol. The minimum atomic E-state index is -0.959. The maximum atomic E-state index is 10.4. The molecule has 0 radical (unpaired) electrons. The van der Waals surface area contributed by atoms with E-state index in [1.807, 2.05) is 30.3 Å². The Kier molecular flexibility index (Phi) is 9.13. The summed E-state index contributed by atoms with van der Waals surface area (Å²) in [7, 11) is 0.